The molecule has 76 valence electrons. The van der Waals surface area contributed by atoms with Crippen LogP contribution in [-0.4, -0.2) is 41.8 Å². The molecule has 0 aromatic rings. The Labute approximate surface area is 79.9 Å². The van der Waals surface area contributed by atoms with Gasteiger partial charge in [-0.25, -0.2) is 0 Å². The van der Waals surface area contributed by atoms with E-state index in [1.54, 1.807) is 0 Å². The number of rotatable bonds is 2. The van der Waals surface area contributed by atoms with Crippen LogP contribution >= 0.6 is 0 Å². The molecule has 0 amide bonds. The molecule has 3 N–H and O–H groups in total. The molecule has 0 aliphatic carbocycles. The van der Waals surface area contributed by atoms with E-state index in [0.29, 0.717) is 12.5 Å². The van der Waals surface area contributed by atoms with E-state index in [2.05, 4.69) is 11.8 Å². The van der Waals surface area contributed by atoms with Crippen LogP contribution in [0.15, 0.2) is 0 Å². The van der Waals surface area contributed by atoms with Crippen molar-refractivity contribution in [2.45, 2.75) is 25.4 Å². The molecule has 2 unspecified atom stereocenters. The van der Waals surface area contributed by atoms with Crippen LogP contribution in [0.4, 0.5) is 0 Å². The van der Waals surface area contributed by atoms with Crippen LogP contribution in [0.25, 0.3) is 0 Å². The van der Waals surface area contributed by atoms with Gasteiger partial charge in [0.2, 0.25) is 0 Å². The molecule has 3 heteroatoms. The molecular formula is C10H20N2O. The molecule has 3 rings (SSSR count). The fourth-order valence-electron chi connectivity index (χ4n) is 2.84. The summed E-state index contributed by atoms with van der Waals surface area (Å²) in [5.74, 6) is 0.733. The summed E-state index contributed by atoms with van der Waals surface area (Å²) in [6.45, 7) is 5.85. The van der Waals surface area contributed by atoms with Crippen molar-refractivity contribution in [3.8, 4) is 0 Å². The van der Waals surface area contributed by atoms with Crippen LogP contribution < -0.4 is 5.73 Å². The van der Waals surface area contributed by atoms with Crippen molar-refractivity contribution in [1.82, 2.24) is 4.90 Å². The van der Waals surface area contributed by atoms with Gasteiger partial charge in [0, 0.05) is 6.54 Å². The lowest BCUT2D eigenvalue weighted by molar-refractivity contribution is -0.140. The van der Waals surface area contributed by atoms with E-state index in [9.17, 15) is 5.11 Å². The number of nitrogens with zero attached hydrogens (tertiary/aromatic N) is 1. The molecule has 13 heavy (non-hydrogen) atoms. The molecule has 0 aromatic carbocycles. The van der Waals surface area contributed by atoms with Crippen LogP contribution in [0.5, 0.6) is 0 Å². The Morgan fingerprint density at radius 1 is 1.54 bits per heavy atom. The highest BCUT2D eigenvalue weighted by atomic mass is 16.3. The molecule has 3 aliphatic rings. The van der Waals surface area contributed by atoms with Crippen LogP contribution in [0.3, 0.4) is 0 Å². The molecule has 3 nitrogen and oxygen atoms in total. The van der Waals surface area contributed by atoms with Gasteiger partial charge in [0.25, 0.3) is 0 Å². The number of fused-ring (bicyclic) bond motifs is 3. The maximum Gasteiger partial charge on any atom is 0.0840 e. The SMILES string of the molecule is CC(CN)C1(O)CN2CCC1CC2. The molecular weight excluding hydrogens is 164 g/mol. The van der Waals surface area contributed by atoms with E-state index >= 15 is 0 Å². The zero-order valence-corrected chi connectivity index (χ0v) is 8.37. The molecule has 3 heterocycles. The summed E-state index contributed by atoms with van der Waals surface area (Å²) >= 11 is 0. The third-order valence-electron chi connectivity index (χ3n) is 3.98. The molecule has 0 spiro atoms. The predicted octanol–water partition coefficient (Wildman–Crippen LogP) is 0.0379. The summed E-state index contributed by atoms with van der Waals surface area (Å²) < 4.78 is 0. The second kappa shape index (κ2) is 3.23. The van der Waals surface area contributed by atoms with Gasteiger partial charge in [0.15, 0.2) is 0 Å². The highest BCUT2D eigenvalue weighted by Gasteiger charge is 2.47. The van der Waals surface area contributed by atoms with E-state index in [-0.39, 0.29) is 5.92 Å². The highest BCUT2D eigenvalue weighted by Crippen LogP contribution is 2.39. The molecule has 0 radical (unpaired) electrons. The van der Waals surface area contributed by atoms with Crippen molar-refractivity contribution in [1.29, 1.82) is 0 Å². The molecule has 3 saturated heterocycles. The Balaban J connectivity index is 2.13. The maximum absolute atomic E-state index is 10.5. The van der Waals surface area contributed by atoms with Crippen molar-refractivity contribution in [2.75, 3.05) is 26.2 Å². The Kier molecular flexibility index (Phi) is 2.34. The standard InChI is InChI=1S/C10H20N2O/c1-8(6-11)10(13)7-12-4-2-9(10)3-5-12/h8-9,13H,2-7,11H2,1H3. The molecule has 3 fully saturated rings. The van der Waals surface area contributed by atoms with Crippen molar-refractivity contribution in [3.05, 3.63) is 0 Å². The van der Waals surface area contributed by atoms with Gasteiger partial charge in [0.1, 0.15) is 0 Å². The van der Waals surface area contributed by atoms with Gasteiger partial charge in [-0.2, -0.15) is 0 Å². The maximum atomic E-state index is 10.5. The summed E-state index contributed by atoms with van der Waals surface area (Å²) in [7, 11) is 0. The van der Waals surface area contributed by atoms with E-state index in [1.165, 1.54) is 13.1 Å². The van der Waals surface area contributed by atoms with Gasteiger partial charge in [-0.1, -0.05) is 6.92 Å². The Morgan fingerprint density at radius 3 is 2.54 bits per heavy atom. The number of aliphatic hydroxyl groups is 1. The summed E-state index contributed by atoms with van der Waals surface area (Å²) in [4.78, 5) is 2.37. The highest BCUT2D eigenvalue weighted by molar-refractivity contribution is 5.01. The monoisotopic (exact) mass is 184 g/mol. The average Bonchev–Trinajstić information content (AvgIpc) is 2.18. The van der Waals surface area contributed by atoms with Gasteiger partial charge in [0.05, 0.1) is 5.60 Å². The second-order valence-electron chi connectivity index (χ2n) is 4.68. The number of hydrogen-bond acceptors (Lipinski definition) is 3. The normalized spacial score (nSPS) is 46.4. The largest absolute Gasteiger partial charge is 0.388 e. The van der Waals surface area contributed by atoms with Gasteiger partial charge < -0.3 is 15.7 Å². The van der Waals surface area contributed by atoms with E-state index in [1.807, 2.05) is 0 Å². The van der Waals surface area contributed by atoms with Crippen LogP contribution in [0, 0.1) is 11.8 Å². The van der Waals surface area contributed by atoms with Crippen LogP contribution in [0.1, 0.15) is 19.8 Å². The first kappa shape index (κ1) is 9.44. The minimum absolute atomic E-state index is 0.237. The Hall–Kier alpha value is -0.120. The summed E-state index contributed by atoms with van der Waals surface area (Å²) in [6.07, 6.45) is 2.31. The summed E-state index contributed by atoms with van der Waals surface area (Å²) in [6, 6.07) is 0. The fourth-order valence-corrected chi connectivity index (χ4v) is 2.84. The minimum atomic E-state index is -0.495. The first-order chi connectivity index (χ1) is 6.16. The van der Waals surface area contributed by atoms with Crippen molar-refractivity contribution in [3.63, 3.8) is 0 Å². The second-order valence-corrected chi connectivity index (χ2v) is 4.68. The fraction of sp³-hybridized carbons (Fsp3) is 1.00. The van der Waals surface area contributed by atoms with Gasteiger partial charge in [-0.05, 0) is 44.3 Å². The topological polar surface area (TPSA) is 49.5 Å². The molecule has 2 atom stereocenters. The quantitative estimate of drug-likeness (QED) is 0.637. The number of hydrogen-bond donors (Lipinski definition) is 2. The van der Waals surface area contributed by atoms with Crippen molar-refractivity contribution in [2.24, 2.45) is 17.6 Å². The smallest absolute Gasteiger partial charge is 0.0840 e. The van der Waals surface area contributed by atoms with Gasteiger partial charge >= 0.3 is 0 Å². The van der Waals surface area contributed by atoms with Crippen LogP contribution in [-0.2, 0) is 0 Å². The number of piperidine rings is 3. The summed E-state index contributed by atoms with van der Waals surface area (Å²) in [5, 5.41) is 10.5. The Morgan fingerprint density at radius 2 is 2.15 bits per heavy atom. The summed E-state index contributed by atoms with van der Waals surface area (Å²) in [5.41, 5.74) is 5.15. The Bertz CT molecular complexity index is 189. The predicted molar refractivity (Wildman–Crippen MR) is 52.3 cm³/mol. The lowest BCUT2D eigenvalue weighted by Crippen LogP contribution is -2.63. The molecule has 0 aromatic heterocycles. The molecule has 0 saturated carbocycles. The first-order valence-electron chi connectivity index (χ1n) is 5.31. The molecule has 3 aliphatic heterocycles. The third kappa shape index (κ3) is 1.39. The first-order valence-corrected chi connectivity index (χ1v) is 5.31. The average molecular weight is 184 g/mol. The zero-order chi connectivity index (χ0) is 9.47. The van der Waals surface area contributed by atoms with Gasteiger partial charge in [-0.3, -0.25) is 0 Å². The van der Waals surface area contributed by atoms with E-state index < -0.39 is 5.60 Å². The number of nitrogens with two attached hydrogens (primary N) is 1. The van der Waals surface area contributed by atoms with Gasteiger partial charge in [-0.15, -0.1) is 0 Å². The molecule has 2 bridgehead atoms. The zero-order valence-electron chi connectivity index (χ0n) is 8.37. The lowest BCUT2D eigenvalue weighted by Gasteiger charge is -2.52. The minimum Gasteiger partial charge on any atom is -0.388 e. The van der Waals surface area contributed by atoms with Crippen LogP contribution in [0.2, 0.25) is 0 Å². The lowest BCUT2D eigenvalue weighted by atomic mass is 9.69. The van der Waals surface area contributed by atoms with E-state index in [4.69, 9.17) is 5.73 Å². The van der Waals surface area contributed by atoms with Crippen molar-refractivity contribution >= 4 is 0 Å². The van der Waals surface area contributed by atoms with Crippen molar-refractivity contribution < 1.29 is 5.11 Å². The third-order valence-corrected chi connectivity index (χ3v) is 3.98. The van der Waals surface area contributed by atoms with E-state index in [0.717, 1.165) is 19.4 Å².